The van der Waals surface area contributed by atoms with Crippen LogP contribution in [0.15, 0.2) is 47.6 Å². The number of aromatic nitrogens is 3. The van der Waals surface area contributed by atoms with Crippen molar-refractivity contribution in [2.75, 3.05) is 12.4 Å². The SMILES string of the molecule is CCOc1ccc(OCc2nnc(SCC(C)=O)n2-c2ccc(C)c(Cl)c2)cc1. The predicted octanol–water partition coefficient (Wildman–Crippen LogP) is 4.89. The Bertz CT molecular complexity index is 989. The van der Waals surface area contributed by atoms with Gasteiger partial charge in [-0.3, -0.25) is 9.36 Å². The van der Waals surface area contributed by atoms with Gasteiger partial charge in [-0.2, -0.15) is 0 Å². The van der Waals surface area contributed by atoms with Crippen molar-refractivity contribution in [1.29, 1.82) is 0 Å². The third-order valence-electron chi connectivity index (χ3n) is 4.02. The molecule has 0 bridgehead atoms. The number of Topliss-reactive ketones (excluding diaryl/α,β-unsaturated/α-hetero) is 1. The quantitative estimate of drug-likeness (QED) is 0.449. The first-order valence-corrected chi connectivity index (χ1v) is 10.5. The summed E-state index contributed by atoms with van der Waals surface area (Å²) in [5.74, 6) is 2.49. The molecule has 0 unspecified atom stereocenters. The summed E-state index contributed by atoms with van der Waals surface area (Å²) in [5, 5.41) is 9.79. The van der Waals surface area contributed by atoms with Crippen LogP contribution in [0.1, 0.15) is 25.2 Å². The first-order valence-electron chi connectivity index (χ1n) is 9.16. The van der Waals surface area contributed by atoms with Crippen molar-refractivity contribution in [2.24, 2.45) is 0 Å². The molecule has 3 aromatic rings. The standard InChI is InChI=1S/C21H22ClN3O3S/c1-4-27-17-7-9-18(10-8-17)28-12-20-23-24-21(29-13-15(3)26)25(20)16-6-5-14(2)19(22)11-16/h5-11H,4,12-13H2,1-3H3. The van der Waals surface area contributed by atoms with E-state index >= 15 is 0 Å². The van der Waals surface area contributed by atoms with Crippen LogP contribution in [0.5, 0.6) is 11.5 Å². The lowest BCUT2D eigenvalue weighted by Crippen LogP contribution is -2.07. The van der Waals surface area contributed by atoms with Crippen molar-refractivity contribution in [2.45, 2.75) is 32.5 Å². The van der Waals surface area contributed by atoms with E-state index in [0.29, 0.717) is 34.1 Å². The van der Waals surface area contributed by atoms with E-state index in [4.69, 9.17) is 21.1 Å². The number of nitrogens with zero attached hydrogens (tertiary/aromatic N) is 3. The van der Waals surface area contributed by atoms with Crippen LogP contribution in [-0.2, 0) is 11.4 Å². The largest absolute Gasteiger partial charge is 0.494 e. The van der Waals surface area contributed by atoms with E-state index in [2.05, 4.69) is 10.2 Å². The summed E-state index contributed by atoms with van der Waals surface area (Å²) in [6, 6.07) is 13.2. The van der Waals surface area contributed by atoms with Gasteiger partial charge in [0.1, 0.15) is 23.9 Å². The van der Waals surface area contributed by atoms with Gasteiger partial charge in [-0.1, -0.05) is 29.4 Å². The van der Waals surface area contributed by atoms with Gasteiger partial charge in [0, 0.05) is 5.02 Å². The number of aryl methyl sites for hydroxylation is 1. The molecule has 0 radical (unpaired) electrons. The molecule has 1 heterocycles. The fraction of sp³-hybridized carbons (Fsp3) is 0.286. The van der Waals surface area contributed by atoms with Crippen LogP contribution in [0.2, 0.25) is 5.02 Å². The van der Waals surface area contributed by atoms with Crippen LogP contribution in [-0.4, -0.2) is 32.9 Å². The molecule has 0 amide bonds. The average Bonchev–Trinajstić information content (AvgIpc) is 3.11. The Balaban J connectivity index is 1.85. The van der Waals surface area contributed by atoms with E-state index < -0.39 is 0 Å². The van der Waals surface area contributed by atoms with Crippen LogP contribution in [0.4, 0.5) is 0 Å². The van der Waals surface area contributed by atoms with Gasteiger partial charge in [-0.25, -0.2) is 0 Å². The third kappa shape index (κ3) is 5.52. The molecule has 0 saturated heterocycles. The second-order valence-electron chi connectivity index (χ2n) is 6.35. The normalized spacial score (nSPS) is 10.8. The Hall–Kier alpha value is -2.51. The topological polar surface area (TPSA) is 66.2 Å². The van der Waals surface area contributed by atoms with E-state index in [1.54, 1.807) is 6.92 Å². The van der Waals surface area contributed by atoms with E-state index in [-0.39, 0.29) is 12.4 Å². The van der Waals surface area contributed by atoms with Crippen LogP contribution >= 0.6 is 23.4 Å². The molecule has 152 valence electrons. The van der Waals surface area contributed by atoms with Gasteiger partial charge < -0.3 is 9.47 Å². The molecule has 0 fully saturated rings. The van der Waals surface area contributed by atoms with E-state index in [1.165, 1.54) is 11.8 Å². The molecule has 1 aromatic heterocycles. The van der Waals surface area contributed by atoms with Crippen molar-refractivity contribution in [3.63, 3.8) is 0 Å². The fourth-order valence-electron chi connectivity index (χ4n) is 2.58. The molecule has 0 aliphatic carbocycles. The molecule has 6 nitrogen and oxygen atoms in total. The summed E-state index contributed by atoms with van der Waals surface area (Å²) in [4.78, 5) is 11.4. The molecule has 0 aliphatic heterocycles. The fourth-order valence-corrected chi connectivity index (χ4v) is 3.53. The highest BCUT2D eigenvalue weighted by atomic mass is 35.5. The number of ether oxygens (including phenoxy) is 2. The predicted molar refractivity (Wildman–Crippen MR) is 114 cm³/mol. The second kappa shape index (κ2) is 9.80. The maximum Gasteiger partial charge on any atom is 0.196 e. The minimum absolute atomic E-state index is 0.0682. The minimum Gasteiger partial charge on any atom is -0.494 e. The van der Waals surface area contributed by atoms with Gasteiger partial charge in [0.15, 0.2) is 11.0 Å². The molecule has 0 spiro atoms. The summed E-state index contributed by atoms with van der Waals surface area (Å²) < 4.78 is 13.2. The summed E-state index contributed by atoms with van der Waals surface area (Å²) in [6.07, 6.45) is 0. The zero-order chi connectivity index (χ0) is 20.8. The Labute approximate surface area is 179 Å². The molecule has 3 rings (SSSR count). The van der Waals surface area contributed by atoms with E-state index in [0.717, 1.165) is 17.0 Å². The summed E-state index contributed by atoms with van der Waals surface area (Å²) in [5.41, 5.74) is 1.80. The van der Waals surface area contributed by atoms with Crippen molar-refractivity contribution < 1.29 is 14.3 Å². The number of carbonyl (C=O) groups is 1. The Morgan fingerprint density at radius 1 is 1.10 bits per heavy atom. The first kappa shape index (κ1) is 21.2. The summed E-state index contributed by atoms with van der Waals surface area (Å²) in [6.45, 7) is 6.26. The Morgan fingerprint density at radius 2 is 1.79 bits per heavy atom. The maximum absolute atomic E-state index is 11.4. The Kier molecular flexibility index (Phi) is 7.17. The monoisotopic (exact) mass is 431 g/mol. The van der Waals surface area contributed by atoms with Crippen LogP contribution in [0.25, 0.3) is 5.69 Å². The van der Waals surface area contributed by atoms with Gasteiger partial charge in [0.05, 0.1) is 18.0 Å². The minimum atomic E-state index is 0.0682. The molecule has 0 aliphatic rings. The number of hydrogen-bond donors (Lipinski definition) is 0. The summed E-state index contributed by atoms with van der Waals surface area (Å²) in [7, 11) is 0. The van der Waals surface area contributed by atoms with Gasteiger partial charge >= 0.3 is 0 Å². The molecule has 0 N–H and O–H groups in total. The number of carbonyl (C=O) groups excluding carboxylic acids is 1. The van der Waals surface area contributed by atoms with Crippen molar-refractivity contribution in [1.82, 2.24) is 14.8 Å². The van der Waals surface area contributed by atoms with Crippen molar-refractivity contribution >= 4 is 29.1 Å². The number of ketones is 1. The van der Waals surface area contributed by atoms with Gasteiger partial charge in [0.2, 0.25) is 0 Å². The lowest BCUT2D eigenvalue weighted by Gasteiger charge is -2.12. The average molecular weight is 432 g/mol. The van der Waals surface area contributed by atoms with Crippen molar-refractivity contribution in [3.8, 4) is 17.2 Å². The highest BCUT2D eigenvalue weighted by Gasteiger charge is 2.16. The number of benzene rings is 2. The molecule has 29 heavy (non-hydrogen) atoms. The molecular weight excluding hydrogens is 410 g/mol. The van der Waals surface area contributed by atoms with Gasteiger partial charge in [-0.05, 0) is 62.7 Å². The van der Waals surface area contributed by atoms with E-state index in [1.807, 2.05) is 60.9 Å². The molecule has 8 heteroatoms. The zero-order valence-corrected chi connectivity index (χ0v) is 18.1. The lowest BCUT2D eigenvalue weighted by molar-refractivity contribution is -0.114. The van der Waals surface area contributed by atoms with Crippen molar-refractivity contribution in [3.05, 3.63) is 58.9 Å². The summed E-state index contributed by atoms with van der Waals surface area (Å²) >= 11 is 7.65. The number of hydrogen-bond acceptors (Lipinski definition) is 6. The van der Waals surface area contributed by atoms with Crippen LogP contribution in [0.3, 0.4) is 0 Å². The van der Waals surface area contributed by atoms with Crippen LogP contribution in [0, 0.1) is 6.92 Å². The van der Waals surface area contributed by atoms with E-state index in [9.17, 15) is 4.79 Å². The van der Waals surface area contributed by atoms with Gasteiger partial charge in [0.25, 0.3) is 0 Å². The maximum atomic E-state index is 11.4. The first-order chi connectivity index (χ1) is 14.0. The van der Waals surface area contributed by atoms with Crippen LogP contribution < -0.4 is 9.47 Å². The molecular formula is C21H22ClN3O3S. The second-order valence-corrected chi connectivity index (χ2v) is 7.70. The number of thioether (sulfide) groups is 1. The number of halogens is 1. The molecule has 0 atom stereocenters. The number of rotatable bonds is 9. The smallest absolute Gasteiger partial charge is 0.196 e. The highest BCUT2D eigenvalue weighted by Crippen LogP contribution is 2.26. The lowest BCUT2D eigenvalue weighted by atomic mass is 10.2. The van der Waals surface area contributed by atoms with Gasteiger partial charge in [-0.15, -0.1) is 10.2 Å². The zero-order valence-electron chi connectivity index (χ0n) is 16.5. The highest BCUT2D eigenvalue weighted by molar-refractivity contribution is 7.99. The molecule has 0 saturated carbocycles. The Morgan fingerprint density at radius 3 is 2.41 bits per heavy atom. The molecule has 2 aromatic carbocycles. The third-order valence-corrected chi connectivity index (χ3v) is 5.50.